The van der Waals surface area contributed by atoms with Crippen LogP contribution in [0.3, 0.4) is 0 Å². The summed E-state index contributed by atoms with van der Waals surface area (Å²) in [5.41, 5.74) is 0. The molecule has 9 nitrogen and oxygen atoms in total. The fraction of sp³-hybridized carbons (Fsp3) is 0. The van der Waals surface area contributed by atoms with Crippen molar-refractivity contribution in [1.82, 2.24) is 29.9 Å². The SMILES string of the molecule is c1cc(Oc2nc(Oc3ccncc3)nc(Oc3ccncc3)n2)ccn1. The number of rotatable bonds is 6. The van der Waals surface area contributed by atoms with Crippen molar-refractivity contribution < 1.29 is 14.2 Å². The second kappa shape index (κ2) is 7.83. The molecule has 4 aromatic heterocycles. The van der Waals surface area contributed by atoms with E-state index in [2.05, 4.69) is 29.9 Å². The molecule has 0 N–H and O–H groups in total. The maximum absolute atomic E-state index is 5.65. The summed E-state index contributed by atoms with van der Waals surface area (Å²) in [5, 5.41) is 0. The molecule has 0 fully saturated rings. The van der Waals surface area contributed by atoms with E-state index in [0.29, 0.717) is 17.2 Å². The molecule has 0 aromatic carbocycles. The third-order valence-corrected chi connectivity index (χ3v) is 3.15. The van der Waals surface area contributed by atoms with Gasteiger partial charge in [0.1, 0.15) is 17.2 Å². The van der Waals surface area contributed by atoms with Gasteiger partial charge in [-0.25, -0.2) is 0 Å². The molecule has 0 saturated carbocycles. The molecule has 4 rings (SSSR count). The van der Waals surface area contributed by atoms with Gasteiger partial charge in [0.15, 0.2) is 0 Å². The Hall–Kier alpha value is -4.14. The third-order valence-electron chi connectivity index (χ3n) is 3.15. The van der Waals surface area contributed by atoms with Crippen molar-refractivity contribution in [1.29, 1.82) is 0 Å². The van der Waals surface area contributed by atoms with Crippen LogP contribution in [0.5, 0.6) is 35.3 Å². The number of hydrogen-bond acceptors (Lipinski definition) is 9. The van der Waals surface area contributed by atoms with Crippen LogP contribution in [0.15, 0.2) is 73.6 Å². The number of aromatic nitrogens is 6. The van der Waals surface area contributed by atoms with Gasteiger partial charge in [-0.15, -0.1) is 15.0 Å². The average Bonchev–Trinajstić information content (AvgIpc) is 2.70. The minimum atomic E-state index is 0.0179. The molecular formula is C18H12N6O3. The maximum atomic E-state index is 5.65. The van der Waals surface area contributed by atoms with E-state index in [-0.39, 0.29) is 18.0 Å². The molecule has 4 heterocycles. The molecule has 0 unspecified atom stereocenters. The molecule has 0 saturated heterocycles. The van der Waals surface area contributed by atoms with E-state index < -0.39 is 0 Å². The summed E-state index contributed by atoms with van der Waals surface area (Å²) >= 11 is 0. The van der Waals surface area contributed by atoms with E-state index in [1.165, 1.54) is 0 Å². The first-order valence-corrected chi connectivity index (χ1v) is 7.85. The molecule has 132 valence electrons. The molecule has 0 bridgehead atoms. The van der Waals surface area contributed by atoms with Crippen molar-refractivity contribution in [3.63, 3.8) is 0 Å². The van der Waals surface area contributed by atoms with Crippen LogP contribution in [0, 0.1) is 0 Å². The normalized spacial score (nSPS) is 10.2. The Morgan fingerprint density at radius 3 is 0.926 bits per heavy atom. The maximum Gasteiger partial charge on any atom is 0.331 e. The predicted octanol–water partition coefficient (Wildman–Crippen LogP) is 3.43. The highest BCUT2D eigenvalue weighted by Crippen LogP contribution is 2.25. The van der Waals surface area contributed by atoms with Gasteiger partial charge in [-0.05, 0) is 36.4 Å². The topological polar surface area (TPSA) is 105 Å². The summed E-state index contributed by atoms with van der Waals surface area (Å²) in [6.07, 6.45) is 9.58. The minimum Gasteiger partial charge on any atom is -0.424 e. The average molecular weight is 360 g/mol. The largest absolute Gasteiger partial charge is 0.424 e. The van der Waals surface area contributed by atoms with Gasteiger partial charge in [0.25, 0.3) is 0 Å². The van der Waals surface area contributed by atoms with E-state index in [1.54, 1.807) is 73.6 Å². The summed E-state index contributed by atoms with van der Waals surface area (Å²) in [5.74, 6) is 1.54. The summed E-state index contributed by atoms with van der Waals surface area (Å²) in [6, 6.07) is 10.1. The van der Waals surface area contributed by atoms with Gasteiger partial charge in [0.2, 0.25) is 0 Å². The van der Waals surface area contributed by atoms with Gasteiger partial charge in [0, 0.05) is 37.2 Å². The molecule has 0 spiro atoms. The lowest BCUT2D eigenvalue weighted by atomic mass is 10.4. The van der Waals surface area contributed by atoms with E-state index in [9.17, 15) is 0 Å². The standard InChI is InChI=1S/C18H12N6O3/c1-7-19-8-2-13(1)25-16-22-17(26-14-3-9-20-10-4-14)24-18(23-16)27-15-5-11-21-12-6-15/h1-12H. The number of pyridine rings is 3. The Labute approximate surface area is 153 Å². The Kier molecular flexibility index (Phi) is 4.74. The van der Waals surface area contributed by atoms with Crippen LogP contribution in [-0.2, 0) is 0 Å². The Bertz CT molecular complexity index is 859. The molecule has 0 amide bonds. The fourth-order valence-corrected chi connectivity index (χ4v) is 1.99. The lowest BCUT2D eigenvalue weighted by molar-refractivity contribution is 0.362. The van der Waals surface area contributed by atoms with Gasteiger partial charge in [-0.2, -0.15) is 0 Å². The van der Waals surface area contributed by atoms with Crippen LogP contribution in [0.2, 0.25) is 0 Å². The van der Waals surface area contributed by atoms with Crippen molar-refractivity contribution in [2.75, 3.05) is 0 Å². The van der Waals surface area contributed by atoms with Crippen LogP contribution in [0.25, 0.3) is 0 Å². The molecule has 4 aromatic rings. The predicted molar refractivity (Wildman–Crippen MR) is 92.8 cm³/mol. The van der Waals surface area contributed by atoms with Crippen LogP contribution < -0.4 is 14.2 Å². The number of ether oxygens (including phenoxy) is 3. The quantitative estimate of drug-likeness (QED) is 0.511. The summed E-state index contributed by atoms with van der Waals surface area (Å²) in [4.78, 5) is 24.3. The van der Waals surface area contributed by atoms with Crippen molar-refractivity contribution in [3.8, 4) is 35.3 Å². The second-order valence-corrected chi connectivity index (χ2v) is 5.04. The fourth-order valence-electron chi connectivity index (χ4n) is 1.99. The summed E-state index contributed by atoms with van der Waals surface area (Å²) in [6.45, 7) is 0. The lowest BCUT2D eigenvalue weighted by Gasteiger charge is -2.09. The van der Waals surface area contributed by atoms with Gasteiger partial charge < -0.3 is 14.2 Å². The van der Waals surface area contributed by atoms with E-state index in [1.807, 2.05) is 0 Å². The lowest BCUT2D eigenvalue weighted by Crippen LogP contribution is -2.01. The number of hydrogen-bond donors (Lipinski definition) is 0. The first-order valence-electron chi connectivity index (χ1n) is 7.85. The molecule has 0 radical (unpaired) electrons. The molecule has 27 heavy (non-hydrogen) atoms. The van der Waals surface area contributed by atoms with E-state index in [4.69, 9.17) is 14.2 Å². The van der Waals surface area contributed by atoms with Gasteiger partial charge in [-0.1, -0.05) is 0 Å². The van der Waals surface area contributed by atoms with Crippen LogP contribution in [0.1, 0.15) is 0 Å². The van der Waals surface area contributed by atoms with Gasteiger partial charge >= 0.3 is 18.0 Å². The highest BCUT2D eigenvalue weighted by molar-refractivity contribution is 5.27. The molecule has 0 atom stereocenters. The van der Waals surface area contributed by atoms with Crippen molar-refractivity contribution in [2.45, 2.75) is 0 Å². The summed E-state index contributed by atoms with van der Waals surface area (Å²) < 4.78 is 16.9. The van der Waals surface area contributed by atoms with Crippen molar-refractivity contribution >= 4 is 0 Å². The molecular weight excluding hydrogens is 348 g/mol. The highest BCUT2D eigenvalue weighted by Gasteiger charge is 2.12. The number of nitrogens with zero attached hydrogens (tertiary/aromatic N) is 6. The van der Waals surface area contributed by atoms with Crippen LogP contribution >= 0.6 is 0 Å². The highest BCUT2D eigenvalue weighted by atomic mass is 16.5. The molecule has 9 heteroatoms. The van der Waals surface area contributed by atoms with E-state index >= 15 is 0 Å². The zero-order valence-corrected chi connectivity index (χ0v) is 13.8. The Balaban J connectivity index is 1.64. The van der Waals surface area contributed by atoms with Crippen molar-refractivity contribution in [2.24, 2.45) is 0 Å². The molecule has 0 aliphatic heterocycles. The first kappa shape index (κ1) is 16.3. The minimum absolute atomic E-state index is 0.0179. The van der Waals surface area contributed by atoms with E-state index in [0.717, 1.165) is 0 Å². The Morgan fingerprint density at radius 1 is 0.407 bits per heavy atom. The zero-order valence-electron chi connectivity index (χ0n) is 13.8. The monoisotopic (exact) mass is 360 g/mol. The second-order valence-electron chi connectivity index (χ2n) is 5.04. The Morgan fingerprint density at radius 2 is 0.667 bits per heavy atom. The zero-order chi connectivity index (χ0) is 18.3. The third kappa shape index (κ3) is 4.48. The van der Waals surface area contributed by atoms with Crippen LogP contribution in [-0.4, -0.2) is 29.9 Å². The van der Waals surface area contributed by atoms with Gasteiger partial charge in [0.05, 0.1) is 0 Å². The first-order chi connectivity index (χ1) is 13.3. The molecule has 0 aliphatic rings. The van der Waals surface area contributed by atoms with Crippen molar-refractivity contribution in [3.05, 3.63) is 73.6 Å². The summed E-state index contributed by atoms with van der Waals surface area (Å²) in [7, 11) is 0. The smallest absolute Gasteiger partial charge is 0.331 e. The van der Waals surface area contributed by atoms with Gasteiger partial charge in [-0.3, -0.25) is 15.0 Å². The van der Waals surface area contributed by atoms with Crippen LogP contribution in [0.4, 0.5) is 0 Å². The molecule has 0 aliphatic carbocycles.